The average Bonchev–Trinajstić information content (AvgIpc) is 3.23. The Morgan fingerprint density at radius 2 is 2.00 bits per heavy atom. The molecule has 0 radical (unpaired) electrons. The van der Waals surface area contributed by atoms with Gasteiger partial charge in [-0.3, -0.25) is 0 Å². The molecule has 1 aromatic carbocycles. The van der Waals surface area contributed by atoms with Crippen LogP contribution in [0.1, 0.15) is 27.8 Å². The van der Waals surface area contributed by atoms with Crippen LogP contribution in [0.2, 0.25) is 0 Å². The van der Waals surface area contributed by atoms with Gasteiger partial charge in [0.05, 0.1) is 18.8 Å². The van der Waals surface area contributed by atoms with E-state index in [9.17, 15) is 15.3 Å². The molecule has 0 spiro atoms. The second kappa shape index (κ2) is 7.15. The highest BCUT2D eigenvalue weighted by Gasteiger charge is 2.37. The first-order valence-electron chi connectivity index (χ1n) is 8.31. The molecule has 6 heteroatoms. The van der Waals surface area contributed by atoms with Gasteiger partial charge in [0.25, 0.3) is 0 Å². The monoisotopic (exact) mass is 376 g/mol. The molecular weight excluding hydrogens is 356 g/mol. The number of hydrogen-bond acceptors (Lipinski definition) is 6. The van der Waals surface area contributed by atoms with E-state index in [0.29, 0.717) is 6.42 Å². The van der Waals surface area contributed by atoms with E-state index in [-0.39, 0.29) is 12.7 Å². The van der Waals surface area contributed by atoms with Gasteiger partial charge in [-0.05, 0) is 34.5 Å². The van der Waals surface area contributed by atoms with Gasteiger partial charge in [-0.25, -0.2) is 0 Å². The van der Waals surface area contributed by atoms with Gasteiger partial charge >= 0.3 is 0 Å². The van der Waals surface area contributed by atoms with Crippen LogP contribution in [0.25, 0.3) is 10.1 Å². The highest BCUT2D eigenvalue weighted by Crippen LogP contribution is 2.36. The van der Waals surface area contributed by atoms with Crippen molar-refractivity contribution in [3.05, 3.63) is 57.1 Å². The van der Waals surface area contributed by atoms with Crippen LogP contribution in [-0.4, -0.2) is 40.2 Å². The van der Waals surface area contributed by atoms with Crippen LogP contribution >= 0.6 is 22.7 Å². The third kappa shape index (κ3) is 3.51. The van der Waals surface area contributed by atoms with Crippen LogP contribution in [0.5, 0.6) is 0 Å². The van der Waals surface area contributed by atoms with Gasteiger partial charge in [-0.1, -0.05) is 18.2 Å². The zero-order valence-electron chi connectivity index (χ0n) is 13.5. The number of aliphatic hydroxyl groups excluding tert-OH is 3. The zero-order chi connectivity index (χ0) is 17.4. The molecular formula is C19H20O4S2. The summed E-state index contributed by atoms with van der Waals surface area (Å²) in [4.78, 5) is 2.35. The van der Waals surface area contributed by atoms with Crippen molar-refractivity contribution >= 4 is 32.8 Å². The van der Waals surface area contributed by atoms with Crippen molar-refractivity contribution in [3.63, 3.8) is 0 Å². The van der Waals surface area contributed by atoms with E-state index >= 15 is 0 Å². The second-order valence-electron chi connectivity index (χ2n) is 6.42. The molecule has 3 heterocycles. The van der Waals surface area contributed by atoms with Crippen molar-refractivity contribution in [1.29, 1.82) is 0 Å². The van der Waals surface area contributed by atoms with Crippen LogP contribution < -0.4 is 0 Å². The molecule has 1 fully saturated rings. The van der Waals surface area contributed by atoms with Crippen LogP contribution in [0.3, 0.4) is 0 Å². The molecule has 0 saturated carbocycles. The molecule has 4 rings (SSSR count). The fourth-order valence-corrected chi connectivity index (χ4v) is 5.33. The van der Waals surface area contributed by atoms with Crippen molar-refractivity contribution in [1.82, 2.24) is 0 Å². The first-order valence-corrected chi connectivity index (χ1v) is 10.0. The third-order valence-electron chi connectivity index (χ3n) is 4.60. The lowest BCUT2D eigenvalue weighted by Crippen LogP contribution is -2.47. The van der Waals surface area contributed by atoms with Crippen molar-refractivity contribution in [2.45, 2.75) is 37.3 Å². The van der Waals surface area contributed by atoms with Gasteiger partial charge in [0.2, 0.25) is 0 Å². The molecule has 0 amide bonds. The molecule has 4 nitrogen and oxygen atoms in total. The molecule has 1 aliphatic heterocycles. The molecule has 1 aliphatic rings. The summed E-state index contributed by atoms with van der Waals surface area (Å²) in [7, 11) is 0. The maximum atomic E-state index is 10.00. The summed E-state index contributed by atoms with van der Waals surface area (Å²) in [5.41, 5.74) is 1.22. The van der Waals surface area contributed by atoms with Crippen molar-refractivity contribution < 1.29 is 20.1 Å². The molecule has 132 valence electrons. The summed E-state index contributed by atoms with van der Waals surface area (Å²) in [6, 6.07) is 12.7. The number of benzene rings is 1. The predicted molar refractivity (Wildman–Crippen MR) is 100 cm³/mol. The van der Waals surface area contributed by atoms with Crippen LogP contribution in [0.4, 0.5) is 0 Å². The first kappa shape index (κ1) is 17.1. The Morgan fingerprint density at radius 1 is 1.16 bits per heavy atom. The SMILES string of the molecule is OC[C@H]1OC(c2cc(Cc3cc4ccccc4s3)cs2)CC(O)[C@@H]1O. The van der Waals surface area contributed by atoms with Gasteiger partial charge in [0.1, 0.15) is 12.2 Å². The molecule has 3 N–H and O–H groups in total. The van der Waals surface area contributed by atoms with Crippen molar-refractivity contribution in [3.8, 4) is 0 Å². The zero-order valence-corrected chi connectivity index (χ0v) is 15.2. The van der Waals surface area contributed by atoms with E-state index in [0.717, 1.165) is 11.3 Å². The third-order valence-corrected chi connectivity index (χ3v) is 6.79. The normalized spacial score (nSPS) is 27.0. The van der Waals surface area contributed by atoms with Crippen LogP contribution in [-0.2, 0) is 11.2 Å². The smallest absolute Gasteiger partial charge is 0.110 e. The van der Waals surface area contributed by atoms with Gasteiger partial charge in [0, 0.05) is 27.3 Å². The fraction of sp³-hybridized carbons (Fsp3) is 0.368. The van der Waals surface area contributed by atoms with Gasteiger partial charge < -0.3 is 20.1 Å². The van der Waals surface area contributed by atoms with Gasteiger partial charge in [-0.15, -0.1) is 22.7 Å². The minimum absolute atomic E-state index is 0.281. The number of rotatable bonds is 4. The molecule has 25 heavy (non-hydrogen) atoms. The number of aliphatic hydroxyl groups is 3. The molecule has 0 bridgehead atoms. The number of ether oxygens (including phenoxy) is 1. The highest BCUT2D eigenvalue weighted by atomic mass is 32.1. The lowest BCUT2D eigenvalue weighted by molar-refractivity contribution is -0.180. The maximum absolute atomic E-state index is 10.00. The average molecular weight is 376 g/mol. The highest BCUT2D eigenvalue weighted by molar-refractivity contribution is 7.19. The summed E-state index contributed by atoms with van der Waals surface area (Å²) in [5.74, 6) is 0. The molecule has 0 aliphatic carbocycles. The van der Waals surface area contributed by atoms with E-state index in [2.05, 4.69) is 41.8 Å². The van der Waals surface area contributed by atoms with Crippen LogP contribution in [0.15, 0.2) is 41.8 Å². The van der Waals surface area contributed by atoms with E-state index in [4.69, 9.17) is 4.74 Å². The lowest BCUT2D eigenvalue weighted by atomic mass is 9.97. The Kier molecular flexibility index (Phi) is 4.90. The number of hydrogen-bond donors (Lipinski definition) is 3. The number of thiophene rings is 2. The van der Waals surface area contributed by atoms with Crippen molar-refractivity contribution in [2.24, 2.45) is 0 Å². The predicted octanol–water partition coefficient (Wildman–Crippen LogP) is 3.10. The summed E-state index contributed by atoms with van der Waals surface area (Å²) in [6.45, 7) is -0.297. The summed E-state index contributed by atoms with van der Waals surface area (Å²) >= 11 is 3.41. The largest absolute Gasteiger partial charge is 0.394 e. The van der Waals surface area contributed by atoms with E-state index in [1.54, 1.807) is 11.3 Å². The van der Waals surface area contributed by atoms with Gasteiger partial charge in [-0.2, -0.15) is 0 Å². The minimum atomic E-state index is -1.03. The molecule has 4 atom stereocenters. The Hall–Kier alpha value is -1.28. The quantitative estimate of drug-likeness (QED) is 0.654. The van der Waals surface area contributed by atoms with E-state index < -0.39 is 18.3 Å². The van der Waals surface area contributed by atoms with E-state index in [1.807, 2.05) is 11.3 Å². The minimum Gasteiger partial charge on any atom is -0.394 e. The Bertz CT molecular complexity index is 823. The lowest BCUT2D eigenvalue weighted by Gasteiger charge is -2.36. The second-order valence-corrected chi connectivity index (χ2v) is 8.54. The van der Waals surface area contributed by atoms with Crippen molar-refractivity contribution in [2.75, 3.05) is 6.61 Å². The molecule has 3 aromatic rings. The van der Waals surface area contributed by atoms with Gasteiger partial charge in [0.15, 0.2) is 0 Å². The molecule has 2 aromatic heterocycles. The Morgan fingerprint density at radius 3 is 2.80 bits per heavy atom. The molecule has 2 unspecified atom stereocenters. The van der Waals surface area contributed by atoms with Crippen LogP contribution in [0, 0.1) is 0 Å². The standard InChI is InChI=1S/C19H20O4S2/c20-9-16-19(22)14(21)8-15(23-16)18-6-11(10-24-18)5-13-7-12-3-1-2-4-17(12)25-13/h1-4,6-7,10,14-16,19-22H,5,8-9H2/t14?,15?,16-,19+/m1/s1. The Balaban J connectivity index is 1.50. The number of fused-ring (bicyclic) bond motifs is 1. The summed E-state index contributed by atoms with van der Waals surface area (Å²) < 4.78 is 7.07. The van der Waals surface area contributed by atoms with E-state index in [1.165, 1.54) is 20.5 Å². The first-order chi connectivity index (χ1) is 12.1. The summed E-state index contributed by atoms with van der Waals surface area (Å²) in [6.07, 6.45) is -1.70. The fourth-order valence-electron chi connectivity index (χ4n) is 3.27. The Labute approximate surface area is 153 Å². The molecule has 1 saturated heterocycles. The topological polar surface area (TPSA) is 69.9 Å². The summed E-state index contributed by atoms with van der Waals surface area (Å²) in [5, 5.41) is 32.6. The maximum Gasteiger partial charge on any atom is 0.110 e.